The molecule has 0 bridgehead atoms. The fraction of sp³-hybridized carbons (Fsp3) is 0.0588. The van der Waals surface area contributed by atoms with E-state index in [0.29, 0.717) is 11.4 Å². The molecule has 3 rings (SSSR count). The molecule has 1 heterocycles. The normalized spacial score (nSPS) is 10.2. The quantitative estimate of drug-likeness (QED) is 0.751. The molecule has 0 spiro atoms. The van der Waals surface area contributed by atoms with E-state index >= 15 is 0 Å². The van der Waals surface area contributed by atoms with Gasteiger partial charge in [-0.2, -0.15) is 5.26 Å². The third kappa shape index (κ3) is 2.32. The molecule has 3 heteroatoms. The first kappa shape index (κ1) is 12.2. The molecule has 2 aromatic carbocycles. The second-order valence-corrected chi connectivity index (χ2v) is 4.68. The summed E-state index contributed by atoms with van der Waals surface area (Å²) >= 11 is 0. The van der Waals surface area contributed by atoms with Crippen LogP contribution in [0, 0.1) is 18.3 Å². The molecule has 20 heavy (non-hydrogen) atoms. The molecule has 1 aromatic heterocycles. The minimum atomic E-state index is 0.630. The monoisotopic (exact) mass is 259 g/mol. The van der Waals surface area contributed by atoms with Crippen molar-refractivity contribution in [3.05, 3.63) is 65.7 Å². The van der Waals surface area contributed by atoms with Crippen LogP contribution in [0.25, 0.3) is 10.9 Å². The van der Waals surface area contributed by atoms with E-state index in [-0.39, 0.29) is 0 Å². The van der Waals surface area contributed by atoms with Crippen molar-refractivity contribution in [2.75, 3.05) is 5.32 Å². The first-order valence-corrected chi connectivity index (χ1v) is 6.40. The van der Waals surface area contributed by atoms with Crippen LogP contribution in [-0.2, 0) is 0 Å². The maximum absolute atomic E-state index is 9.26. The lowest BCUT2D eigenvalue weighted by molar-refractivity contribution is 1.35. The lowest BCUT2D eigenvalue weighted by atomic mass is 10.1. The Morgan fingerprint density at radius 3 is 2.70 bits per heavy atom. The van der Waals surface area contributed by atoms with E-state index in [0.717, 1.165) is 16.6 Å². The summed E-state index contributed by atoms with van der Waals surface area (Å²) < 4.78 is 0. The number of para-hydroxylation sites is 1. The molecule has 0 saturated heterocycles. The molecule has 0 amide bonds. The summed E-state index contributed by atoms with van der Waals surface area (Å²) in [4.78, 5) is 4.55. The average Bonchev–Trinajstić information content (AvgIpc) is 2.46. The number of fused-ring (bicyclic) bond motifs is 1. The SMILES string of the molecule is Cc1cccc(Nc2cc(C#N)c3ccccc3n2)c1. The summed E-state index contributed by atoms with van der Waals surface area (Å²) in [5, 5.41) is 13.4. The van der Waals surface area contributed by atoms with Gasteiger partial charge in [0.2, 0.25) is 0 Å². The highest BCUT2D eigenvalue weighted by atomic mass is 15.0. The third-order valence-corrected chi connectivity index (χ3v) is 3.13. The number of hydrogen-bond donors (Lipinski definition) is 1. The number of hydrogen-bond acceptors (Lipinski definition) is 3. The molecule has 0 saturated carbocycles. The molecule has 1 N–H and O–H groups in total. The van der Waals surface area contributed by atoms with Crippen LogP contribution in [0.15, 0.2) is 54.6 Å². The summed E-state index contributed by atoms with van der Waals surface area (Å²) in [6.45, 7) is 2.04. The van der Waals surface area contributed by atoms with Crippen LogP contribution in [0.5, 0.6) is 0 Å². The van der Waals surface area contributed by atoms with Gasteiger partial charge in [-0.1, -0.05) is 30.3 Å². The predicted octanol–water partition coefficient (Wildman–Crippen LogP) is 4.16. The van der Waals surface area contributed by atoms with Crippen molar-refractivity contribution in [3.63, 3.8) is 0 Å². The molecule has 3 aromatic rings. The van der Waals surface area contributed by atoms with E-state index in [1.54, 1.807) is 6.07 Å². The fourth-order valence-electron chi connectivity index (χ4n) is 2.20. The van der Waals surface area contributed by atoms with Gasteiger partial charge in [-0.3, -0.25) is 0 Å². The Morgan fingerprint density at radius 2 is 1.90 bits per heavy atom. The zero-order valence-corrected chi connectivity index (χ0v) is 11.1. The zero-order chi connectivity index (χ0) is 13.9. The van der Waals surface area contributed by atoms with Crippen LogP contribution in [0.1, 0.15) is 11.1 Å². The van der Waals surface area contributed by atoms with Crippen molar-refractivity contribution < 1.29 is 0 Å². The summed E-state index contributed by atoms with van der Waals surface area (Å²) in [6.07, 6.45) is 0. The second kappa shape index (κ2) is 5.02. The summed E-state index contributed by atoms with van der Waals surface area (Å²) in [7, 11) is 0. The van der Waals surface area contributed by atoms with E-state index in [2.05, 4.69) is 16.4 Å². The minimum absolute atomic E-state index is 0.630. The Morgan fingerprint density at radius 1 is 1.05 bits per heavy atom. The largest absolute Gasteiger partial charge is 0.340 e. The smallest absolute Gasteiger partial charge is 0.132 e. The van der Waals surface area contributed by atoms with Crippen LogP contribution >= 0.6 is 0 Å². The van der Waals surface area contributed by atoms with Crippen molar-refractivity contribution in [3.8, 4) is 6.07 Å². The first-order chi connectivity index (χ1) is 9.76. The number of aryl methyl sites for hydroxylation is 1. The van der Waals surface area contributed by atoms with Crippen LogP contribution in [-0.4, -0.2) is 4.98 Å². The topological polar surface area (TPSA) is 48.7 Å². The van der Waals surface area contributed by atoms with Gasteiger partial charge in [-0.15, -0.1) is 0 Å². The van der Waals surface area contributed by atoms with E-state index in [1.807, 2.05) is 55.5 Å². The van der Waals surface area contributed by atoms with E-state index in [9.17, 15) is 5.26 Å². The number of rotatable bonds is 2. The summed E-state index contributed by atoms with van der Waals surface area (Å²) in [5.74, 6) is 0.686. The Labute approximate surface area is 117 Å². The van der Waals surface area contributed by atoms with Gasteiger partial charge in [0.1, 0.15) is 5.82 Å². The average molecular weight is 259 g/mol. The van der Waals surface area contributed by atoms with Crippen molar-refractivity contribution in [2.45, 2.75) is 6.92 Å². The Kier molecular flexibility index (Phi) is 3.06. The molecule has 3 nitrogen and oxygen atoms in total. The van der Waals surface area contributed by atoms with Gasteiger partial charge in [-0.05, 0) is 36.8 Å². The molecular formula is C17H13N3. The van der Waals surface area contributed by atoms with Gasteiger partial charge < -0.3 is 5.32 Å². The van der Waals surface area contributed by atoms with Gasteiger partial charge in [-0.25, -0.2) is 4.98 Å². The lowest BCUT2D eigenvalue weighted by Gasteiger charge is -2.08. The number of benzene rings is 2. The summed E-state index contributed by atoms with van der Waals surface area (Å²) in [5.41, 5.74) is 3.60. The van der Waals surface area contributed by atoms with Crippen LogP contribution in [0.4, 0.5) is 11.5 Å². The zero-order valence-electron chi connectivity index (χ0n) is 11.1. The van der Waals surface area contributed by atoms with E-state index in [1.165, 1.54) is 5.56 Å². The number of anilines is 2. The van der Waals surface area contributed by atoms with Gasteiger partial charge >= 0.3 is 0 Å². The van der Waals surface area contributed by atoms with Crippen LogP contribution in [0.3, 0.4) is 0 Å². The number of nitrogens with one attached hydrogen (secondary N) is 1. The highest BCUT2D eigenvalue weighted by Crippen LogP contribution is 2.22. The molecule has 0 unspecified atom stereocenters. The molecule has 0 radical (unpaired) electrons. The van der Waals surface area contributed by atoms with E-state index in [4.69, 9.17) is 0 Å². The minimum Gasteiger partial charge on any atom is -0.340 e. The Balaban J connectivity index is 2.06. The van der Waals surface area contributed by atoms with E-state index < -0.39 is 0 Å². The predicted molar refractivity (Wildman–Crippen MR) is 80.9 cm³/mol. The van der Waals surface area contributed by atoms with Crippen molar-refractivity contribution >= 4 is 22.4 Å². The maximum Gasteiger partial charge on any atom is 0.132 e. The fourth-order valence-corrected chi connectivity index (χ4v) is 2.20. The van der Waals surface area contributed by atoms with Crippen molar-refractivity contribution in [1.29, 1.82) is 5.26 Å². The highest BCUT2D eigenvalue weighted by Gasteiger charge is 2.05. The van der Waals surface area contributed by atoms with Crippen LogP contribution in [0.2, 0.25) is 0 Å². The summed E-state index contributed by atoms with van der Waals surface area (Å²) in [6, 6.07) is 19.7. The first-order valence-electron chi connectivity index (χ1n) is 6.40. The second-order valence-electron chi connectivity index (χ2n) is 4.68. The number of nitriles is 1. The van der Waals surface area contributed by atoms with Gasteiger partial charge in [0.15, 0.2) is 0 Å². The lowest BCUT2D eigenvalue weighted by Crippen LogP contribution is -1.96. The van der Waals surface area contributed by atoms with Crippen molar-refractivity contribution in [2.24, 2.45) is 0 Å². The standard InChI is InChI=1S/C17H13N3/c1-12-5-4-6-14(9-12)19-17-10-13(11-18)15-7-2-3-8-16(15)20-17/h2-10H,1H3,(H,19,20). The maximum atomic E-state index is 9.26. The highest BCUT2D eigenvalue weighted by molar-refractivity contribution is 5.86. The number of pyridine rings is 1. The Bertz CT molecular complexity index is 816. The molecule has 0 fully saturated rings. The molecule has 0 aliphatic heterocycles. The molecular weight excluding hydrogens is 246 g/mol. The number of aromatic nitrogens is 1. The Hall–Kier alpha value is -2.86. The molecule has 96 valence electrons. The van der Waals surface area contributed by atoms with Crippen molar-refractivity contribution in [1.82, 2.24) is 4.98 Å². The molecule has 0 aliphatic carbocycles. The third-order valence-electron chi connectivity index (χ3n) is 3.13. The molecule has 0 aliphatic rings. The number of nitrogens with zero attached hydrogens (tertiary/aromatic N) is 2. The van der Waals surface area contributed by atoms with Gasteiger partial charge in [0, 0.05) is 11.1 Å². The van der Waals surface area contributed by atoms with Crippen LogP contribution < -0.4 is 5.32 Å². The van der Waals surface area contributed by atoms with Gasteiger partial charge in [0.05, 0.1) is 17.1 Å². The van der Waals surface area contributed by atoms with Gasteiger partial charge in [0.25, 0.3) is 0 Å². The molecule has 0 atom stereocenters.